The summed E-state index contributed by atoms with van der Waals surface area (Å²) in [5.74, 6) is 0. The maximum Gasteiger partial charge on any atom is 0.0952 e. The quantitative estimate of drug-likeness (QED) is 0.453. The molecule has 0 rings (SSSR count). The van der Waals surface area contributed by atoms with Crippen LogP contribution in [0.5, 0.6) is 0 Å². The normalized spacial score (nSPS) is 8.86. The minimum Gasteiger partial charge on any atom is -0.230 e. The number of rotatable bonds is 0. The van der Waals surface area contributed by atoms with Crippen LogP contribution < -0.4 is 0 Å². The van der Waals surface area contributed by atoms with Crippen LogP contribution in [0.1, 0.15) is 20.8 Å². The minimum absolute atomic E-state index is 0.750. The number of hydrogen-bond donors (Lipinski definition) is 0. The Morgan fingerprint density at radius 3 is 1.29 bits per heavy atom. The standard InChI is InChI=1S/C4H9O.CHN/c1-4(2,3)5;1-2/h1-3H3;1H. The second kappa shape index (κ2) is 3.63. The first kappa shape index (κ1) is 9.67. The first-order valence-corrected chi connectivity index (χ1v) is 1.96. The summed E-state index contributed by atoms with van der Waals surface area (Å²) in [5, 5.41) is 16.6. The first-order chi connectivity index (χ1) is 3.00. The summed E-state index contributed by atoms with van der Waals surface area (Å²) in [6.45, 7) is 8.40. The van der Waals surface area contributed by atoms with E-state index in [1.807, 2.05) is 0 Å². The van der Waals surface area contributed by atoms with Crippen LogP contribution in [0.25, 0.3) is 0 Å². The van der Waals surface area contributed by atoms with Crippen molar-refractivity contribution < 1.29 is 5.11 Å². The maximum absolute atomic E-state index is 10.1. The van der Waals surface area contributed by atoms with E-state index in [1.165, 1.54) is 0 Å². The van der Waals surface area contributed by atoms with Gasteiger partial charge in [-0.15, -0.1) is 0 Å². The molecule has 0 aromatic carbocycles. The lowest BCUT2D eigenvalue weighted by Crippen LogP contribution is -2.07. The zero-order valence-corrected chi connectivity index (χ0v) is 4.93. The van der Waals surface area contributed by atoms with Gasteiger partial charge in [0.15, 0.2) is 0 Å². The monoisotopic (exact) mass is 100 g/mol. The molecule has 0 fully saturated rings. The molecule has 2 nitrogen and oxygen atoms in total. The van der Waals surface area contributed by atoms with Crippen LogP contribution in [-0.2, 0) is 5.11 Å². The molecule has 0 heterocycles. The Morgan fingerprint density at radius 1 is 1.29 bits per heavy atom. The van der Waals surface area contributed by atoms with Crippen molar-refractivity contribution in [1.29, 1.82) is 5.26 Å². The smallest absolute Gasteiger partial charge is 0.0952 e. The van der Waals surface area contributed by atoms with E-state index >= 15 is 0 Å². The van der Waals surface area contributed by atoms with E-state index in [0.717, 1.165) is 0 Å². The van der Waals surface area contributed by atoms with Gasteiger partial charge in [-0.25, -0.2) is 10.4 Å². The van der Waals surface area contributed by atoms with Crippen LogP contribution >= 0.6 is 0 Å². The van der Waals surface area contributed by atoms with Crippen LogP contribution in [-0.4, -0.2) is 5.60 Å². The van der Waals surface area contributed by atoms with Gasteiger partial charge in [-0.1, -0.05) is 0 Å². The van der Waals surface area contributed by atoms with Gasteiger partial charge in [0, 0.05) is 6.57 Å². The summed E-state index contributed by atoms with van der Waals surface area (Å²) in [5.41, 5.74) is -0.750. The highest BCUT2D eigenvalue weighted by Crippen LogP contribution is 1.95. The Balaban J connectivity index is 0. The second-order valence-corrected chi connectivity index (χ2v) is 2.11. The number of nitriles is 1. The van der Waals surface area contributed by atoms with Crippen LogP contribution in [0, 0.1) is 11.8 Å². The molecule has 0 aromatic rings. The summed E-state index contributed by atoms with van der Waals surface area (Å²) in [6.07, 6.45) is 0. The molecular weight excluding hydrogens is 90.1 g/mol. The summed E-state index contributed by atoms with van der Waals surface area (Å²) in [4.78, 5) is 0. The zero-order chi connectivity index (χ0) is 6.50. The van der Waals surface area contributed by atoms with Crippen molar-refractivity contribution in [2.24, 2.45) is 0 Å². The van der Waals surface area contributed by atoms with Gasteiger partial charge in [0.2, 0.25) is 0 Å². The molecule has 0 saturated heterocycles. The molecule has 0 aliphatic heterocycles. The molecule has 0 saturated carbocycles. The van der Waals surface area contributed by atoms with Gasteiger partial charge < -0.3 is 0 Å². The van der Waals surface area contributed by atoms with Gasteiger partial charge in [-0.3, -0.25) is 0 Å². The van der Waals surface area contributed by atoms with Crippen molar-refractivity contribution in [1.82, 2.24) is 0 Å². The zero-order valence-electron chi connectivity index (χ0n) is 4.93. The molecule has 0 amide bonds. The van der Waals surface area contributed by atoms with E-state index in [-0.39, 0.29) is 0 Å². The molecule has 0 aliphatic carbocycles. The van der Waals surface area contributed by atoms with Crippen LogP contribution in [0.15, 0.2) is 0 Å². The minimum atomic E-state index is -0.750. The Kier molecular flexibility index (Phi) is 5.02. The lowest BCUT2D eigenvalue weighted by atomic mass is 10.2. The Bertz CT molecular complexity index is 44.8. The van der Waals surface area contributed by atoms with Gasteiger partial charge in [0.05, 0.1) is 5.60 Å². The molecule has 0 atom stereocenters. The van der Waals surface area contributed by atoms with E-state index in [4.69, 9.17) is 5.26 Å². The average Bonchev–Trinajstić information content (AvgIpc) is 1.36. The van der Waals surface area contributed by atoms with Gasteiger partial charge in [-0.05, 0) is 20.8 Å². The van der Waals surface area contributed by atoms with E-state index in [2.05, 4.69) is 6.57 Å². The molecule has 0 N–H and O–H groups in total. The number of nitrogens with zero attached hydrogens (tertiary/aromatic N) is 1. The van der Waals surface area contributed by atoms with Crippen LogP contribution in [0.2, 0.25) is 0 Å². The third kappa shape index (κ3) is 214. The second-order valence-electron chi connectivity index (χ2n) is 2.11. The molecule has 0 unspecified atom stereocenters. The Hall–Kier alpha value is -0.550. The largest absolute Gasteiger partial charge is 0.230 e. The average molecular weight is 100 g/mol. The maximum atomic E-state index is 10.1. The molecule has 7 heavy (non-hydrogen) atoms. The summed E-state index contributed by atoms with van der Waals surface area (Å²) in [6, 6.07) is 0. The molecule has 0 aliphatic rings. The third-order valence-electron chi connectivity index (χ3n) is 0. The lowest BCUT2D eigenvalue weighted by Gasteiger charge is -2.00. The highest BCUT2D eigenvalue weighted by atomic mass is 16.3. The van der Waals surface area contributed by atoms with Crippen LogP contribution in [0.3, 0.4) is 0 Å². The molecular formula is C5H10NO. The fourth-order valence-electron chi connectivity index (χ4n) is 0. The number of hydrogen-bond acceptors (Lipinski definition) is 1. The lowest BCUT2D eigenvalue weighted by molar-refractivity contribution is 0.0219. The third-order valence-corrected chi connectivity index (χ3v) is 0. The molecule has 0 aromatic heterocycles. The summed E-state index contributed by atoms with van der Waals surface area (Å²) >= 11 is 0. The van der Waals surface area contributed by atoms with Crippen molar-refractivity contribution in [3.63, 3.8) is 0 Å². The van der Waals surface area contributed by atoms with Crippen molar-refractivity contribution in [2.45, 2.75) is 26.4 Å². The van der Waals surface area contributed by atoms with Crippen LogP contribution in [0.4, 0.5) is 0 Å². The Morgan fingerprint density at radius 2 is 1.29 bits per heavy atom. The van der Waals surface area contributed by atoms with E-state index < -0.39 is 5.60 Å². The topological polar surface area (TPSA) is 43.7 Å². The Labute approximate surface area is 44.4 Å². The molecule has 0 bridgehead atoms. The van der Waals surface area contributed by atoms with E-state index in [9.17, 15) is 5.11 Å². The van der Waals surface area contributed by atoms with Gasteiger partial charge in [-0.2, -0.15) is 0 Å². The van der Waals surface area contributed by atoms with E-state index in [1.54, 1.807) is 20.8 Å². The molecule has 41 valence electrons. The van der Waals surface area contributed by atoms with Crippen molar-refractivity contribution in [3.05, 3.63) is 0 Å². The van der Waals surface area contributed by atoms with Crippen molar-refractivity contribution in [3.8, 4) is 6.57 Å². The summed E-state index contributed by atoms with van der Waals surface area (Å²) in [7, 11) is 0. The van der Waals surface area contributed by atoms with Crippen molar-refractivity contribution in [2.75, 3.05) is 0 Å². The molecule has 0 spiro atoms. The van der Waals surface area contributed by atoms with Crippen molar-refractivity contribution >= 4 is 0 Å². The molecule has 1 radical (unpaired) electrons. The summed E-state index contributed by atoms with van der Waals surface area (Å²) < 4.78 is 0. The predicted octanol–water partition coefficient (Wildman–Crippen LogP) is 1.36. The molecule has 2 heteroatoms. The first-order valence-electron chi connectivity index (χ1n) is 1.96. The highest BCUT2D eigenvalue weighted by molar-refractivity contribution is 4.50. The highest BCUT2D eigenvalue weighted by Gasteiger charge is 2.01. The predicted molar refractivity (Wildman–Crippen MR) is 27.1 cm³/mol. The fourth-order valence-corrected chi connectivity index (χ4v) is 0. The fraction of sp³-hybridized carbons (Fsp3) is 0.800. The van der Waals surface area contributed by atoms with Gasteiger partial charge >= 0.3 is 0 Å². The SMILES string of the molecule is C#N.CC(C)(C)[O]. The van der Waals surface area contributed by atoms with Gasteiger partial charge in [0.25, 0.3) is 0 Å². The van der Waals surface area contributed by atoms with Gasteiger partial charge in [0.1, 0.15) is 0 Å². The van der Waals surface area contributed by atoms with E-state index in [0.29, 0.717) is 0 Å².